The molecule has 3 rings (SSSR count). The van der Waals surface area contributed by atoms with E-state index in [0.717, 1.165) is 26.0 Å². The van der Waals surface area contributed by atoms with E-state index in [0.29, 0.717) is 24.7 Å². The summed E-state index contributed by atoms with van der Waals surface area (Å²) >= 11 is 0. The number of sulfone groups is 1. The minimum absolute atomic E-state index is 0.0126. The van der Waals surface area contributed by atoms with Crippen molar-refractivity contribution >= 4 is 9.84 Å². The van der Waals surface area contributed by atoms with Crippen LogP contribution in [0.25, 0.3) is 0 Å². The molecule has 0 radical (unpaired) electrons. The van der Waals surface area contributed by atoms with Crippen LogP contribution in [0.3, 0.4) is 0 Å². The normalized spacial score (nSPS) is 27.3. The van der Waals surface area contributed by atoms with Gasteiger partial charge in [-0.15, -0.1) is 0 Å². The van der Waals surface area contributed by atoms with Crippen molar-refractivity contribution in [2.75, 3.05) is 24.7 Å². The molecular weight excluding hydrogens is 318 g/mol. The molecule has 3 heterocycles. The van der Waals surface area contributed by atoms with Gasteiger partial charge in [0.05, 0.1) is 24.2 Å². The van der Waals surface area contributed by atoms with E-state index >= 15 is 0 Å². The van der Waals surface area contributed by atoms with E-state index in [1.165, 1.54) is 0 Å². The summed E-state index contributed by atoms with van der Waals surface area (Å²) in [6.07, 6.45) is 2.93. The van der Waals surface area contributed by atoms with Gasteiger partial charge >= 0.3 is 0 Å². The molecule has 0 spiro atoms. The van der Waals surface area contributed by atoms with Crippen LogP contribution in [-0.4, -0.2) is 60.3 Å². The highest BCUT2D eigenvalue weighted by Crippen LogP contribution is 2.23. The summed E-state index contributed by atoms with van der Waals surface area (Å²) in [7, 11) is -2.92. The largest absolute Gasteiger partial charge is 0.377 e. The maximum Gasteiger partial charge on any atom is 0.240 e. The fourth-order valence-corrected chi connectivity index (χ4v) is 4.96. The molecule has 0 aliphatic carbocycles. The van der Waals surface area contributed by atoms with Crippen LogP contribution in [0.2, 0.25) is 0 Å². The maximum absolute atomic E-state index is 11.8. The molecule has 0 saturated carbocycles. The van der Waals surface area contributed by atoms with Crippen LogP contribution in [0.1, 0.15) is 50.7 Å². The Kier molecular flexibility index (Phi) is 5.03. The van der Waals surface area contributed by atoms with Crippen LogP contribution < -0.4 is 0 Å². The molecule has 0 amide bonds. The van der Waals surface area contributed by atoms with Gasteiger partial charge in [0.1, 0.15) is 0 Å². The minimum atomic E-state index is -2.92. The lowest BCUT2D eigenvalue weighted by atomic mass is 10.1. The fraction of sp³-hybridized carbons (Fsp3) is 0.867. The predicted octanol–water partition coefficient (Wildman–Crippen LogP) is 1.36. The Bertz CT molecular complexity index is 622. The number of hydrogen-bond acceptors (Lipinski definition) is 7. The van der Waals surface area contributed by atoms with E-state index in [9.17, 15) is 8.42 Å². The van der Waals surface area contributed by atoms with Crippen molar-refractivity contribution in [3.05, 3.63) is 11.7 Å². The van der Waals surface area contributed by atoms with Crippen LogP contribution in [-0.2, 0) is 21.1 Å². The van der Waals surface area contributed by atoms with Crippen LogP contribution in [0.4, 0.5) is 0 Å². The standard InChI is InChI=1S/C15H25N3O4S/c1-11(2)15-16-14(22-17-15)9-18(8-13-4-3-6-21-13)12-5-7-23(19,20)10-12/h11-13H,3-10H2,1-2H3/t12-,13+/m0/s1. The highest BCUT2D eigenvalue weighted by Gasteiger charge is 2.34. The van der Waals surface area contributed by atoms with Crippen molar-refractivity contribution in [2.24, 2.45) is 0 Å². The first kappa shape index (κ1) is 16.9. The summed E-state index contributed by atoms with van der Waals surface area (Å²) in [5.41, 5.74) is 0. The zero-order valence-corrected chi connectivity index (χ0v) is 14.6. The third kappa shape index (κ3) is 4.30. The molecule has 7 nitrogen and oxygen atoms in total. The van der Waals surface area contributed by atoms with Crippen molar-refractivity contribution < 1.29 is 17.7 Å². The number of nitrogens with zero attached hydrogens (tertiary/aromatic N) is 3. The van der Waals surface area contributed by atoms with E-state index in [4.69, 9.17) is 9.26 Å². The second kappa shape index (κ2) is 6.86. The topological polar surface area (TPSA) is 85.5 Å². The SMILES string of the molecule is CC(C)c1noc(CN(C[C@H]2CCCO2)[C@H]2CCS(=O)(=O)C2)n1. The monoisotopic (exact) mass is 343 g/mol. The van der Waals surface area contributed by atoms with Crippen LogP contribution in [0.15, 0.2) is 4.52 Å². The average molecular weight is 343 g/mol. The van der Waals surface area contributed by atoms with Gasteiger partial charge in [0.25, 0.3) is 0 Å². The second-order valence-electron chi connectivity index (χ2n) is 6.82. The van der Waals surface area contributed by atoms with Crippen molar-refractivity contribution in [2.45, 2.75) is 57.7 Å². The molecule has 2 saturated heterocycles. The van der Waals surface area contributed by atoms with Crippen LogP contribution >= 0.6 is 0 Å². The molecule has 1 aromatic heterocycles. The van der Waals surface area contributed by atoms with Crippen molar-refractivity contribution in [1.82, 2.24) is 15.0 Å². The fourth-order valence-electron chi connectivity index (χ4n) is 3.20. The third-order valence-corrected chi connectivity index (χ3v) is 6.28. The highest BCUT2D eigenvalue weighted by atomic mass is 32.2. The zero-order chi connectivity index (χ0) is 16.4. The average Bonchev–Trinajstić information content (AvgIpc) is 3.18. The van der Waals surface area contributed by atoms with Crippen LogP contribution in [0, 0.1) is 0 Å². The first-order valence-corrected chi connectivity index (χ1v) is 10.1. The molecule has 23 heavy (non-hydrogen) atoms. The number of aromatic nitrogens is 2. The Morgan fingerprint density at radius 1 is 1.35 bits per heavy atom. The lowest BCUT2D eigenvalue weighted by Crippen LogP contribution is -2.40. The summed E-state index contributed by atoms with van der Waals surface area (Å²) in [6.45, 7) is 6.03. The van der Waals surface area contributed by atoms with E-state index in [1.807, 2.05) is 13.8 Å². The van der Waals surface area contributed by atoms with E-state index < -0.39 is 9.84 Å². The van der Waals surface area contributed by atoms with Crippen molar-refractivity contribution in [1.29, 1.82) is 0 Å². The number of rotatable bonds is 6. The van der Waals surface area contributed by atoms with E-state index in [-0.39, 0.29) is 29.6 Å². The first-order chi connectivity index (χ1) is 10.9. The van der Waals surface area contributed by atoms with Crippen molar-refractivity contribution in [3.63, 3.8) is 0 Å². The second-order valence-corrected chi connectivity index (χ2v) is 9.05. The Labute approximate surface area is 137 Å². The Morgan fingerprint density at radius 2 is 2.17 bits per heavy atom. The summed E-state index contributed by atoms with van der Waals surface area (Å²) < 4.78 is 34.7. The van der Waals surface area contributed by atoms with Gasteiger partial charge in [-0.25, -0.2) is 8.42 Å². The lowest BCUT2D eigenvalue weighted by Gasteiger charge is -2.28. The first-order valence-electron chi connectivity index (χ1n) is 8.31. The van der Waals surface area contributed by atoms with Gasteiger partial charge in [-0.1, -0.05) is 19.0 Å². The number of hydrogen-bond donors (Lipinski definition) is 0. The highest BCUT2D eigenvalue weighted by molar-refractivity contribution is 7.91. The zero-order valence-electron chi connectivity index (χ0n) is 13.8. The quantitative estimate of drug-likeness (QED) is 0.771. The molecule has 1 aromatic rings. The van der Waals surface area contributed by atoms with Gasteiger partial charge in [-0.3, -0.25) is 4.90 Å². The van der Waals surface area contributed by atoms with Gasteiger partial charge in [-0.2, -0.15) is 4.98 Å². The molecule has 0 N–H and O–H groups in total. The molecule has 0 aromatic carbocycles. The van der Waals surface area contributed by atoms with Gasteiger partial charge in [0.2, 0.25) is 5.89 Å². The summed E-state index contributed by atoms with van der Waals surface area (Å²) in [5.74, 6) is 1.93. The van der Waals surface area contributed by atoms with E-state index in [2.05, 4.69) is 15.0 Å². The summed E-state index contributed by atoms with van der Waals surface area (Å²) in [5, 5.41) is 3.99. The third-order valence-electron chi connectivity index (χ3n) is 4.53. The molecule has 0 unspecified atom stereocenters. The van der Waals surface area contributed by atoms with Crippen LogP contribution in [0.5, 0.6) is 0 Å². The van der Waals surface area contributed by atoms with Gasteiger partial charge in [0.15, 0.2) is 15.7 Å². The van der Waals surface area contributed by atoms with E-state index in [1.54, 1.807) is 0 Å². The summed E-state index contributed by atoms with van der Waals surface area (Å²) in [6, 6.07) is 0.0126. The van der Waals surface area contributed by atoms with Gasteiger partial charge in [0, 0.05) is 25.1 Å². The van der Waals surface area contributed by atoms with Gasteiger partial charge < -0.3 is 9.26 Å². The smallest absolute Gasteiger partial charge is 0.240 e. The molecular formula is C15H25N3O4S. The Morgan fingerprint density at radius 3 is 2.74 bits per heavy atom. The molecule has 2 aliphatic rings. The Hall–Kier alpha value is -0.990. The van der Waals surface area contributed by atoms with Crippen molar-refractivity contribution in [3.8, 4) is 0 Å². The number of ether oxygens (including phenoxy) is 1. The van der Waals surface area contributed by atoms with Gasteiger partial charge in [-0.05, 0) is 19.3 Å². The molecule has 130 valence electrons. The molecule has 2 atom stereocenters. The lowest BCUT2D eigenvalue weighted by molar-refractivity contribution is 0.0529. The molecule has 8 heteroatoms. The molecule has 0 bridgehead atoms. The molecule has 2 aliphatic heterocycles. The Balaban J connectivity index is 1.71. The molecule has 2 fully saturated rings. The summed E-state index contributed by atoms with van der Waals surface area (Å²) in [4.78, 5) is 6.57. The predicted molar refractivity (Wildman–Crippen MR) is 84.8 cm³/mol. The maximum atomic E-state index is 11.8. The minimum Gasteiger partial charge on any atom is -0.377 e.